The van der Waals surface area contributed by atoms with Gasteiger partial charge in [0.2, 0.25) is 0 Å². The number of carbonyl (C=O) groups is 1. The van der Waals surface area contributed by atoms with Gasteiger partial charge in [-0.25, -0.2) is 0 Å². The molecule has 0 fully saturated rings. The molecule has 6 nitrogen and oxygen atoms in total. The Bertz CT molecular complexity index is 966. The molecule has 134 valence electrons. The van der Waals surface area contributed by atoms with Crippen LogP contribution in [0, 0.1) is 0 Å². The van der Waals surface area contributed by atoms with Crippen LogP contribution in [-0.4, -0.2) is 20.4 Å². The summed E-state index contributed by atoms with van der Waals surface area (Å²) < 4.78 is 1.90. The molecule has 26 heavy (non-hydrogen) atoms. The summed E-state index contributed by atoms with van der Waals surface area (Å²) in [4.78, 5) is 31.6. The van der Waals surface area contributed by atoms with Gasteiger partial charge in [0.15, 0.2) is 0 Å². The molecule has 2 N–H and O–H groups in total. The zero-order valence-electron chi connectivity index (χ0n) is 15.1. The van der Waals surface area contributed by atoms with Gasteiger partial charge in [0.25, 0.3) is 11.5 Å². The van der Waals surface area contributed by atoms with E-state index in [0.29, 0.717) is 11.3 Å². The second-order valence-corrected chi connectivity index (χ2v) is 7.15. The fourth-order valence-corrected chi connectivity index (χ4v) is 2.56. The van der Waals surface area contributed by atoms with Crippen LogP contribution in [0.4, 0.5) is 0 Å². The Morgan fingerprint density at radius 2 is 1.92 bits per heavy atom. The van der Waals surface area contributed by atoms with Gasteiger partial charge in [0, 0.05) is 47.5 Å². The molecular formula is C20H22N4O2. The zero-order chi connectivity index (χ0) is 18.7. The van der Waals surface area contributed by atoms with E-state index in [1.807, 2.05) is 62.0 Å². The average molecular weight is 350 g/mol. The number of hydrogen-bond acceptors (Lipinski definition) is 3. The minimum absolute atomic E-state index is 0.135. The molecule has 3 heterocycles. The molecule has 0 aliphatic heterocycles. The molecule has 0 spiro atoms. The number of pyridine rings is 2. The van der Waals surface area contributed by atoms with Crippen LogP contribution in [0.3, 0.4) is 0 Å². The van der Waals surface area contributed by atoms with E-state index in [9.17, 15) is 9.59 Å². The maximum atomic E-state index is 12.4. The van der Waals surface area contributed by atoms with Crippen molar-refractivity contribution in [1.29, 1.82) is 0 Å². The summed E-state index contributed by atoms with van der Waals surface area (Å²) in [5.41, 5.74) is 2.20. The lowest BCUT2D eigenvalue weighted by atomic mass is 9.91. The van der Waals surface area contributed by atoms with Gasteiger partial charge in [-0.15, -0.1) is 0 Å². The summed E-state index contributed by atoms with van der Waals surface area (Å²) >= 11 is 0. The van der Waals surface area contributed by atoms with E-state index in [4.69, 9.17) is 0 Å². The van der Waals surface area contributed by atoms with E-state index in [-0.39, 0.29) is 23.4 Å². The molecule has 0 atom stereocenters. The number of aromatic amines is 1. The summed E-state index contributed by atoms with van der Waals surface area (Å²) in [7, 11) is 0. The van der Waals surface area contributed by atoms with Gasteiger partial charge in [-0.3, -0.25) is 14.6 Å². The third-order valence-corrected chi connectivity index (χ3v) is 4.12. The fourth-order valence-electron chi connectivity index (χ4n) is 2.56. The van der Waals surface area contributed by atoms with Gasteiger partial charge in [-0.2, -0.15) is 0 Å². The van der Waals surface area contributed by atoms with E-state index < -0.39 is 0 Å². The van der Waals surface area contributed by atoms with Gasteiger partial charge in [-0.1, -0.05) is 20.8 Å². The molecule has 1 amide bonds. The van der Waals surface area contributed by atoms with Gasteiger partial charge in [-0.05, 0) is 36.4 Å². The smallest absolute Gasteiger partial charge is 0.270 e. The zero-order valence-corrected chi connectivity index (χ0v) is 15.1. The van der Waals surface area contributed by atoms with Crippen LogP contribution < -0.4 is 10.9 Å². The Balaban J connectivity index is 1.72. The van der Waals surface area contributed by atoms with Crippen molar-refractivity contribution in [3.05, 3.63) is 82.3 Å². The average Bonchev–Trinajstić information content (AvgIpc) is 3.14. The van der Waals surface area contributed by atoms with Crippen LogP contribution in [0.15, 0.2) is 59.8 Å². The first kappa shape index (κ1) is 17.7. The van der Waals surface area contributed by atoms with Crippen molar-refractivity contribution >= 4 is 5.91 Å². The predicted molar refractivity (Wildman–Crippen MR) is 100 cm³/mol. The Morgan fingerprint density at radius 3 is 2.58 bits per heavy atom. The lowest BCUT2D eigenvalue weighted by Gasteiger charge is -2.18. The van der Waals surface area contributed by atoms with Crippen LogP contribution >= 0.6 is 0 Å². The van der Waals surface area contributed by atoms with Crippen molar-refractivity contribution in [1.82, 2.24) is 19.9 Å². The van der Waals surface area contributed by atoms with E-state index in [1.54, 1.807) is 18.3 Å². The third kappa shape index (κ3) is 3.91. The van der Waals surface area contributed by atoms with Crippen molar-refractivity contribution in [2.75, 3.05) is 0 Å². The van der Waals surface area contributed by atoms with Gasteiger partial charge >= 0.3 is 0 Å². The van der Waals surface area contributed by atoms with Crippen LogP contribution in [0.25, 0.3) is 5.69 Å². The van der Waals surface area contributed by atoms with Gasteiger partial charge < -0.3 is 14.9 Å². The van der Waals surface area contributed by atoms with Crippen molar-refractivity contribution in [3.8, 4) is 5.69 Å². The third-order valence-electron chi connectivity index (χ3n) is 4.12. The second kappa shape index (κ2) is 7.00. The number of hydrogen-bond donors (Lipinski definition) is 2. The number of aromatic nitrogens is 3. The summed E-state index contributed by atoms with van der Waals surface area (Å²) in [6.45, 7) is 6.24. The highest BCUT2D eigenvalue weighted by Gasteiger charge is 2.16. The molecule has 0 saturated heterocycles. The monoisotopic (exact) mass is 350 g/mol. The molecule has 0 unspecified atom stereocenters. The predicted octanol–water partition coefficient (Wildman–Crippen LogP) is 2.79. The maximum Gasteiger partial charge on any atom is 0.270 e. The van der Waals surface area contributed by atoms with Crippen molar-refractivity contribution in [2.24, 2.45) is 0 Å². The SMILES string of the molecule is CC(C)(C)c1ccc(CNC(=O)c2cc(-n3cccc3)ccn2)c(=O)[nH]1. The highest BCUT2D eigenvalue weighted by atomic mass is 16.2. The lowest BCUT2D eigenvalue weighted by molar-refractivity contribution is 0.0945. The molecule has 3 rings (SSSR count). The topological polar surface area (TPSA) is 79.8 Å². The van der Waals surface area contributed by atoms with Gasteiger partial charge in [0.05, 0.1) is 0 Å². The minimum Gasteiger partial charge on any atom is -0.346 e. The quantitative estimate of drug-likeness (QED) is 0.759. The summed E-state index contributed by atoms with van der Waals surface area (Å²) in [5.74, 6) is -0.321. The first-order chi connectivity index (χ1) is 12.3. The molecular weight excluding hydrogens is 328 g/mol. The normalized spacial score (nSPS) is 11.3. The van der Waals surface area contributed by atoms with Crippen LogP contribution in [-0.2, 0) is 12.0 Å². The number of H-pyrrole nitrogens is 1. The first-order valence-corrected chi connectivity index (χ1v) is 8.45. The Labute approximate surface area is 151 Å². The molecule has 0 bridgehead atoms. The molecule has 3 aromatic heterocycles. The van der Waals surface area contributed by atoms with Crippen molar-refractivity contribution in [3.63, 3.8) is 0 Å². The molecule has 3 aromatic rings. The van der Waals surface area contributed by atoms with Crippen LogP contribution in [0.1, 0.15) is 42.5 Å². The largest absolute Gasteiger partial charge is 0.346 e. The number of nitrogens with one attached hydrogen (secondary N) is 2. The van der Waals surface area contributed by atoms with Crippen molar-refractivity contribution in [2.45, 2.75) is 32.7 Å². The summed E-state index contributed by atoms with van der Waals surface area (Å²) in [6.07, 6.45) is 5.38. The highest BCUT2D eigenvalue weighted by molar-refractivity contribution is 5.92. The van der Waals surface area contributed by atoms with E-state index in [1.165, 1.54) is 0 Å². The molecule has 0 radical (unpaired) electrons. The fraction of sp³-hybridized carbons (Fsp3) is 0.250. The summed E-state index contributed by atoms with van der Waals surface area (Å²) in [6, 6.07) is 11.0. The Hall–Kier alpha value is -3.15. The highest BCUT2D eigenvalue weighted by Crippen LogP contribution is 2.18. The number of amides is 1. The number of rotatable bonds is 4. The molecule has 0 aliphatic carbocycles. The standard InChI is InChI=1S/C20H22N4O2/c1-20(2,3)17-7-6-14(18(25)23-17)13-22-19(26)16-12-15(8-9-21-16)24-10-4-5-11-24/h4-12H,13H2,1-3H3,(H,22,26)(H,23,25). The molecule has 0 aliphatic rings. The van der Waals surface area contributed by atoms with E-state index in [2.05, 4.69) is 15.3 Å². The van der Waals surface area contributed by atoms with Crippen LogP contribution in [0.2, 0.25) is 0 Å². The molecule has 0 saturated carbocycles. The minimum atomic E-state index is -0.321. The van der Waals surface area contributed by atoms with Crippen molar-refractivity contribution < 1.29 is 4.79 Å². The summed E-state index contributed by atoms with van der Waals surface area (Å²) in [5, 5.41) is 2.76. The molecule has 6 heteroatoms. The Morgan fingerprint density at radius 1 is 1.19 bits per heavy atom. The second-order valence-electron chi connectivity index (χ2n) is 7.15. The molecule has 0 aromatic carbocycles. The van der Waals surface area contributed by atoms with E-state index in [0.717, 1.165) is 11.4 Å². The Kier molecular flexibility index (Phi) is 4.75. The maximum absolute atomic E-state index is 12.4. The number of carbonyl (C=O) groups excluding carboxylic acids is 1. The first-order valence-electron chi connectivity index (χ1n) is 8.45. The van der Waals surface area contributed by atoms with Crippen LogP contribution in [0.5, 0.6) is 0 Å². The van der Waals surface area contributed by atoms with E-state index >= 15 is 0 Å². The lowest BCUT2D eigenvalue weighted by Crippen LogP contribution is -2.29. The number of nitrogens with zero attached hydrogens (tertiary/aromatic N) is 2. The van der Waals surface area contributed by atoms with Gasteiger partial charge in [0.1, 0.15) is 5.69 Å².